The molecule has 0 unspecified atom stereocenters. The minimum Gasteiger partial charge on any atom is -0.409 e. The summed E-state index contributed by atoms with van der Waals surface area (Å²) >= 11 is 0. The van der Waals surface area contributed by atoms with Crippen molar-refractivity contribution < 1.29 is 18.0 Å². The molecule has 4 rings (SSSR count). The first-order valence-electron chi connectivity index (χ1n) is 11.4. The van der Waals surface area contributed by atoms with Crippen LogP contribution >= 0.6 is 0 Å². The van der Waals surface area contributed by atoms with E-state index in [-0.39, 0.29) is 17.3 Å². The van der Waals surface area contributed by atoms with Crippen LogP contribution in [0.2, 0.25) is 37.8 Å². The highest BCUT2D eigenvalue weighted by Gasteiger charge is 2.87. The quantitative estimate of drug-likeness (QED) is 0.629. The molecule has 0 spiro atoms. The zero-order valence-corrected chi connectivity index (χ0v) is 22.8. The van der Waals surface area contributed by atoms with E-state index in [2.05, 4.69) is 58.5 Å². The number of hydrogen-bond donors (Lipinski definition) is 1. The number of alkyl halides is 1. The normalized spacial score (nSPS) is 36.8. The third-order valence-corrected chi connectivity index (χ3v) is 13.2. The number of nitrogen functional groups attached to an aromatic ring is 1. The van der Waals surface area contributed by atoms with Crippen LogP contribution in [0.25, 0.3) is 0 Å². The molecule has 0 radical (unpaired) electrons. The van der Waals surface area contributed by atoms with Crippen molar-refractivity contribution in [2.24, 2.45) is 0 Å². The minimum atomic E-state index is -2.29. The molecule has 3 fully saturated rings. The summed E-state index contributed by atoms with van der Waals surface area (Å²) in [5, 5.41) is -0.0664. The van der Waals surface area contributed by atoms with Crippen molar-refractivity contribution in [1.29, 1.82) is 0 Å². The van der Waals surface area contributed by atoms with Crippen LogP contribution in [0, 0.1) is 6.92 Å². The van der Waals surface area contributed by atoms with Gasteiger partial charge in [-0.25, -0.2) is 9.18 Å². The van der Waals surface area contributed by atoms with Crippen molar-refractivity contribution in [2.45, 2.75) is 114 Å². The fraction of sp³-hybridized carbons (Fsp3) is 0.818. The third kappa shape index (κ3) is 3.53. The maximum absolute atomic E-state index is 16.2. The lowest BCUT2D eigenvalue weighted by molar-refractivity contribution is -0.100. The Labute approximate surface area is 192 Å². The molecule has 32 heavy (non-hydrogen) atoms. The average molecular weight is 484 g/mol. The van der Waals surface area contributed by atoms with E-state index < -0.39 is 51.5 Å². The molecule has 0 amide bonds. The van der Waals surface area contributed by atoms with Crippen LogP contribution in [-0.2, 0) is 13.6 Å². The Balaban J connectivity index is 1.76. The van der Waals surface area contributed by atoms with Gasteiger partial charge in [-0.2, -0.15) is 4.98 Å². The molecule has 1 aromatic rings. The predicted molar refractivity (Wildman–Crippen MR) is 127 cm³/mol. The summed E-state index contributed by atoms with van der Waals surface area (Å²) < 4.78 is 37.7. The zero-order valence-electron chi connectivity index (χ0n) is 20.8. The first-order valence-corrected chi connectivity index (χ1v) is 17.8. The number of aromatic nitrogens is 2. The SMILES string of the molecule is Cc1cn([C@H]2C[C@@]3(O[Si](C)(C)C)C[C@]4(F)C[C@]4(O[Si](C)(C)C(C)(C)C)[C@H]3O2)c(=O)nc1N. The van der Waals surface area contributed by atoms with Gasteiger partial charge in [0.25, 0.3) is 0 Å². The average Bonchev–Trinajstić information content (AvgIpc) is 2.87. The van der Waals surface area contributed by atoms with Crippen LogP contribution in [0.1, 0.15) is 51.8 Å². The molecule has 180 valence electrons. The second-order valence-corrected chi connectivity index (χ2v) is 21.7. The van der Waals surface area contributed by atoms with E-state index in [9.17, 15) is 4.79 Å². The highest BCUT2D eigenvalue weighted by Crippen LogP contribution is 2.73. The fourth-order valence-electron chi connectivity index (χ4n) is 5.30. The van der Waals surface area contributed by atoms with Crippen molar-refractivity contribution in [3.05, 3.63) is 22.2 Å². The van der Waals surface area contributed by atoms with Gasteiger partial charge in [-0.05, 0) is 44.7 Å². The molecule has 2 heterocycles. The Morgan fingerprint density at radius 3 is 2.41 bits per heavy atom. The Bertz CT molecular complexity index is 1000. The lowest BCUT2D eigenvalue weighted by Crippen LogP contribution is -2.54. The standard InChI is InChI=1S/C22H38FN3O4Si2/c1-14-11-26(18(27)25-16(14)24)15-10-20(29-31(5,6)7)12-21(23)13-22(21,17(20)28-15)30-32(8,9)19(2,3)4/h11,15,17H,10,12-13H2,1-9H3,(H2,24,25,27)/t15-,17+,20-,21+,22+/m1/s1. The van der Waals surface area contributed by atoms with Crippen LogP contribution in [0.15, 0.2) is 11.0 Å². The van der Waals surface area contributed by atoms with Gasteiger partial charge < -0.3 is 19.3 Å². The fourth-order valence-corrected chi connectivity index (χ4v) is 8.36. The van der Waals surface area contributed by atoms with Crippen molar-refractivity contribution in [1.82, 2.24) is 9.55 Å². The van der Waals surface area contributed by atoms with Crippen LogP contribution in [0.4, 0.5) is 10.2 Å². The van der Waals surface area contributed by atoms with Gasteiger partial charge in [0, 0.05) is 31.0 Å². The lowest BCUT2D eigenvalue weighted by atomic mass is 9.92. The monoisotopic (exact) mass is 483 g/mol. The van der Waals surface area contributed by atoms with Gasteiger partial charge in [0.05, 0.1) is 5.60 Å². The van der Waals surface area contributed by atoms with Gasteiger partial charge in [0.15, 0.2) is 16.6 Å². The summed E-state index contributed by atoms with van der Waals surface area (Å²) in [7, 11) is -4.35. The van der Waals surface area contributed by atoms with E-state index >= 15 is 4.39 Å². The Morgan fingerprint density at radius 2 is 1.84 bits per heavy atom. The number of halogens is 1. The molecule has 3 aliphatic rings. The van der Waals surface area contributed by atoms with Crippen LogP contribution in [0.3, 0.4) is 0 Å². The number of hydrogen-bond acceptors (Lipinski definition) is 6. The predicted octanol–water partition coefficient (Wildman–Crippen LogP) is 4.29. The first kappa shape index (κ1) is 24.1. The molecular weight excluding hydrogens is 445 g/mol. The third-order valence-electron chi connectivity index (χ3n) is 7.71. The van der Waals surface area contributed by atoms with Gasteiger partial charge in [-0.1, -0.05) is 20.8 Å². The molecule has 10 heteroatoms. The second-order valence-electron chi connectivity index (χ2n) is 12.5. The maximum Gasteiger partial charge on any atom is 0.351 e. The zero-order chi connectivity index (χ0) is 24.1. The van der Waals surface area contributed by atoms with E-state index in [0.717, 1.165) is 0 Å². The van der Waals surface area contributed by atoms with Crippen LogP contribution in [0.5, 0.6) is 0 Å². The highest BCUT2D eigenvalue weighted by atomic mass is 28.4. The van der Waals surface area contributed by atoms with E-state index in [4.69, 9.17) is 19.3 Å². The summed E-state index contributed by atoms with van der Waals surface area (Å²) in [6.07, 6.45) is 1.44. The molecule has 2 N–H and O–H groups in total. The van der Waals surface area contributed by atoms with Gasteiger partial charge in [0.1, 0.15) is 29.4 Å². The van der Waals surface area contributed by atoms with Crippen LogP contribution < -0.4 is 11.4 Å². The number of fused-ring (bicyclic) bond motifs is 3. The Kier molecular flexibility index (Phi) is 5.07. The Hall–Kier alpha value is -1.08. The number of nitrogens with zero attached hydrogens (tertiary/aromatic N) is 2. The Morgan fingerprint density at radius 1 is 1.22 bits per heavy atom. The van der Waals surface area contributed by atoms with Gasteiger partial charge in [0.2, 0.25) is 0 Å². The number of aryl methyl sites for hydroxylation is 1. The molecule has 0 bridgehead atoms. The summed E-state index contributed by atoms with van der Waals surface area (Å²) in [5.74, 6) is 0.209. The van der Waals surface area contributed by atoms with Crippen molar-refractivity contribution in [2.75, 3.05) is 5.73 Å². The summed E-state index contributed by atoms with van der Waals surface area (Å²) in [6, 6.07) is 0. The van der Waals surface area contributed by atoms with Gasteiger partial charge >= 0.3 is 5.69 Å². The number of rotatable bonds is 5. The smallest absolute Gasteiger partial charge is 0.351 e. The van der Waals surface area contributed by atoms with E-state index in [1.807, 2.05) is 0 Å². The molecule has 5 atom stereocenters. The van der Waals surface area contributed by atoms with Crippen molar-refractivity contribution in [3.63, 3.8) is 0 Å². The lowest BCUT2D eigenvalue weighted by Gasteiger charge is -2.43. The number of nitrogens with two attached hydrogens (primary N) is 1. The van der Waals surface area contributed by atoms with Crippen molar-refractivity contribution in [3.8, 4) is 0 Å². The highest BCUT2D eigenvalue weighted by molar-refractivity contribution is 6.74. The first-order chi connectivity index (χ1) is 14.3. The molecule has 1 aromatic heterocycles. The molecule has 1 aliphatic heterocycles. The van der Waals surface area contributed by atoms with Crippen molar-refractivity contribution >= 4 is 22.5 Å². The molecule has 1 saturated heterocycles. The second kappa shape index (κ2) is 6.74. The molecule has 2 saturated carbocycles. The van der Waals surface area contributed by atoms with E-state index in [1.165, 1.54) is 4.57 Å². The van der Waals surface area contributed by atoms with Crippen LogP contribution in [-0.4, -0.2) is 49.2 Å². The largest absolute Gasteiger partial charge is 0.409 e. The summed E-state index contributed by atoms with van der Waals surface area (Å²) in [6.45, 7) is 18.8. The van der Waals surface area contributed by atoms with E-state index in [0.29, 0.717) is 18.4 Å². The molecule has 7 nitrogen and oxygen atoms in total. The van der Waals surface area contributed by atoms with Gasteiger partial charge in [-0.3, -0.25) is 4.57 Å². The molecule has 2 aliphatic carbocycles. The number of anilines is 1. The minimum absolute atomic E-state index is 0.0664. The topological polar surface area (TPSA) is 88.6 Å². The van der Waals surface area contributed by atoms with E-state index in [1.54, 1.807) is 13.1 Å². The maximum atomic E-state index is 16.2. The van der Waals surface area contributed by atoms with Gasteiger partial charge in [-0.15, -0.1) is 0 Å². The summed E-state index contributed by atoms with van der Waals surface area (Å²) in [4.78, 5) is 16.6. The molecule has 0 aromatic carbocycles. The number of ether oxygens (including phenoxy) is 1. The summed E-state index contributed by atoms with van der Waals surface area (Å²) in [5.41, 5.74) is 2.74. The molecular formula is C22H38FN3O4Si2.